The van der Waals surface area contributed by atoms with E-state index in [9.17, 15) is 13.2 Å². The number of hydrogen-bond acceptors (Lipinski definition) is 3. The van der Waals surface area contributed by atoms with Crippen LogP contribution in [0.15, 0.2) is 17.6 Å². The maximum atomic E-state index is 12.4. The van der Waals surface area contributed by atoms with Gasteiger partial charge < -0.3 is 0 Å². The third-order valence-corrected chi connectivity index (χ3v) is 3.51. The minimum atomic E-state index is -4.39. The van der Waals surface area contributed by atoms with Gasteiger partial charge in [0.15, 0.2) is 5.69 Å². The van der Waals surface area contributed by atoms with Gasteiger partial charge in [0.1, 0.15) is 0 Å². The van der Waals surface area contributed by atoms with Crippen LogP contribution >= 0.6 is 11.3 Å². The van der Waals surface area contributed by atoms with Gasteiger partial charge in [0.2, 0.25) is 0 Å². The second kappa shape index (κ2) is 4.72. The van der Waals surface area contributed by atoms with E-state index in [2.05, 4.69) is 10.1 Å². The molecule has 0 fully saturated rings. The SMILES string of the molecule is CC(C)c1nc(Cn2ccc(C(F)(F)F)n2)cs1. The lowest BCUT2D eigenvalue weighted by molar-refractivity contribution is -0.141. The molecule has 0 aromatic carbocycles. The fourth-order valence-electron chi connectivity index (χ4n) is 1.43. The smallest absolute Gasteiger partial charge is 0.266 e. The first-order chi connectivity index (χ1) is 8.36. The summed E-state index contributed by atoms with van der Waals surface area (Å²) in [6.45, 7) is 4.32. The number of thiazole rings is 1. The largest absolute Gasteiger partial charge is 0.435 e. The van der Waals surface area contributed by atoms with Crippen LogP contribution in [-0.2, 0) is 12.7 Å². The standard InChI is InChI=1S/C11H12F3N3S/c1-7(2)10-15-8(6-18-10)5-17-4-3-9(16-17)11(12,13)14/h3-4,6-7H,5H2,1-2H3. The van der Waals surface area contributed by atoms with E-state index in [1.807, 2.05) is 19.2 Å². The summed E-state index contributed by atoms with van der Waals surface area (Å²) >= 11 is 1.51. The van der Waals surface area contributed by atoms with Gasteiger partial charge in [-0.2, -0.15) is 18.3 Å². The van der Waals surface area contributed by atoms with Gasteiger partial charge in [-0.3, -0.25) is 4.68 Å². The van der Waals surface area contributed by atoms with E-state index in [1.165, 1.54) is 22.2 Å². The summed E-state index contributed by atoms with van der Waals surface area (Å²) in [5.41, 5.74) is -0.137. The van der Waals surface area contributed by atoms with Crippen molar-refractivity contribution < 1.29 is 13.2 Å². The normalized spacial score (nSPS) is 12.3. The first kappa shape index (κ1) is 13.1. The van der Waals surface area contributed by atoms with E-state index in [1.54, 1.807) is 0 Å². The van der Waals surface area contributed by atoms with Crippen LogP contribution in [0.2, 0.25) is 0 Å². The maximum Gasteiger partial charge on any atom is 0.435 e. The Morgan fingerprint density at radius 2 is 2.11 bits per heavy atom. The van der Waals surface area contributed by atoms with E-state index >= 15 is 0 Å². The second-order valence-electron chi connectivity index (χ2n) is 4.23. The highest BCUT2D eigenvalue weighted by Gasteiger charge is 2.33. The molecule has 3 nitrogen and oxygen atoms in total. The molecule has 0 atom stereocenters. The monoisotopic (exact) mass is 275 g/mol. The number of aromatic nitrogens is 3. The molecule has 0 amide bonds. The van der Waals surface area contributed by atoms with Crippen molar-refractivity contribution in [3.05, 3.63) is 34.0 Å². The summed E-state index contributed by atoms with van der Waals surface area (Å²) < 4.78 is 38.3. The van der Waals surface area contributed by atoms with Crippen molar-refractivity contribution in [1.82, 2.24) is 14.8 Å². The molecular weight excluding hydrogens is 263 g/mol. The average molecular weight is 275 g/mol. The van der Waals surface area contributed by atoms with Crippen LogP contribution in [0.1, 0.15) is 36.2 Å². The minimum absolute atomic E-state index is 0.263. The number of alkyl halides is 3. The highest BCUT2D eigenvalue weighted by atomic mass is 32.1. The lowest BCUT2D eigenvalue weighted by Gasteiger charge is -2.01. The van der Waals surface area contributed by atoms with E-state index in [4.69, 9.17) is 0 Å². The maximum absolute atomic E-state index is 12.4. The Kier molecular flexibility index (Phi) is 3.43. The molecule has 0 bridgehead atoms. The summed E-state index contributed by atoms with van der Waals surface area (Å²) in [7, 11) is 0. The van der Waals surface area contributed by atoms with Crippen molar-refractivity contribution in [1.29, 1.82) is 0 Å². The first-order valence-corrected chi connectivity index (χ1v) is 6.29. The summed E-state index contributed by atoms with van der Waals surface area (Å²) in [6.07, 6.45) is -3.08. The number of nitrogens with zero attached hydrogens (tertiary/aromatic N) is 3. The van der Waals surface area contributed by atoms with Crippen LogP contribution in [0, 0.1) is 0 Å². The topological polar surface area (TPSA) is 30.7 Å². The van der Waals surface area contributed by atoms with Gasteiger partial charge >= 0.3 is 6.18 Å². The van der Waals surface area contributed by atoms with E-state index in [-0.39, 0.29) is 6.54 Å². The first-order valence-electron chi connectivity index (χ1n) is 5.41. The van der Waals surface area contributed by atoms with E-state index in [0.29, 0.717) is 5.92 Å². The third-order valence-electron chi connectivity index (χ3n) is 2.32. The van der Waals surface area contributed by atoms with Crippen molar-refractivity contribution in [3.63, 3.8) is 0 Å². The van der Waals surface area contributed by atoms with Gasteiger partial charge in [-0.15, -0.1) is 11.3 Å². The molecule has 0 radical (unpaired) electrons. The molecule has 0 aliphatic carbocycles. The van der Waals surface area contributed by atoms with Crippen LogP contribution in [0.5, 0.6) is 0 Å². The zero-order valence-electron chi connectivity index (χ0n) is 9.90. The Morgan fingerprint density at radius 1 is 1.39 bits per heavy atom. The quantitative estimate of drug-likeness (QED) is 0.858. The molecule has 0 spiro atoms. The van der Waals surface area contributed by atoms with Gasteiger partial charge in [0.25, 0.3) is 0 Å². The molecule has 2 rings (SSSR count). The molecule has 2 aromatic rings. The average Bonchev–Trinajstić information content (AvgIpc) is 2.85. The molecule has 18 heavy (non-hydrogen) atoms. The van der Waals surface area contributed by atoms with Gasteiger partial charge in [-0.1, -0.05) is 13.8 Å². The zero-order valence-corrected chi connectivity index (χ0v) is 10.7. The Hall–Kier alpha value is -1.37. The number of hydrogen-bond donors (Lipinski definition) is 0. The molecule has 2 aromatic heterocycles. The highest BCUT2D eigenvalue weighted by Crippen LogP contribution is 2.27. The molecular formula is C11H12F3N3S. The van der Waals surface area contributed by atoms with Gasteiger partial charge in [0, 0.05) is 17.5 Å². The van der Waals surface area contributed by atoms with E-state index < -0.39 is 11.9 Å². The molecule has 7 heteroatoms. The minimum Gasteiger partial charge on any atom is -0.266 e. The summed E-state index contributed by atoms with van der Waals surface area (Å²) in [5.74, 6) is 0.326. The second-order valence-corrected chi connectivity index (χ2v) is 5.12. The Labute approximate surface area is 106 Å². The number of rotatable bonds is 3. The summed E-state index contributed by atoms with van der Waals surface area (Å²) in [4.78, 5) is 4.35. The van der Waals surface area contributed by atoms with Crippen LogP contribution in [-0.4, -0.2) is 14.8 Å². The molecule has 0 aliphatic heterocycles. The van der Waals surface area contributed by atoms with Crippen molar-refractivity contribution in [3.8, 4) is 0 Å². The highest BCUT2D eigenvalue weighted by molar-refractivity contribution is 7.09. The lowest BCUT2D eigenvalue weighted by atomic mass is 10.2. The molecule has 0 N–H and O–H groups in total. The van der Waals surface area contributed by atoms with Gasteiger partial charge in [0.05, 0.1) is 17.2 Å². The molecule has 0 saturated carbocycles. The van der Waals surface area contributed by atoms with Crippen molar-refractivity contribution in [2.75, 3.05) is 0 Å². The number of halogens is 3. The van der Waals surface area contributed by atoms with Crippen molar-refractivity contribution in [2.45, 2.75) is 32.5 Å². The van der Waals surface area contributed by atoms with Crippen LogP contribution in [0.3, 0.4) is 0 Å². The summed E-state index contributed by atoms with van der Waals surface area (Å²) in [5, 5.41) is 6.32. The Morgan fingerprint density at radius 3 is 2.61 bits per heavy atom. The molecule has 98 valence electrons. The lowest BCUT2D eigenvalue weighted by Crippen LogP contribution is -2.08. The van der Waals surface area contributed by atoms with Crippen LogP contribution in [0.4, 0.5) is 13.2 Å². The van der Waals surface area contributed by atoms with Crippen molar-refractivity contribution >= 4 is 11.3 Å². The van der Waals surface area contributed by atoms with Gasteiger partial charge in [-0.25, -0.2) is 4.98 Å². The predicted octanol–water partition coefficient (Wildman–Crippen LogP) is 3.53. The molecule has 0 unspecified atom stereocenters. The Bertz CT molecular complexity index is 528. The van der Waals surface area contributed by atoms with Crippen molar-refractivity contribution in [2.24, 2.45) is 0 Å². The fraction of sp³-hybridized carbons (Fsp3) is 0.455. The van der Waals surface area contributed by atoms with Crippen LogP contribution in [0.25, 0.3) is 0 Å². The van der Waals surface area contributed by atoms with Gasteiger partial charge in [-0.05, 0) is 6.07 Å². The van der Waals surface area contributed by atoms with Crippen LogP contribution < -0.4 is 0 Å². The zero-order chi connectivity index (χ0) is 13.3. The third kappa shape index (κ3) is 2.90. The molecule has 0 saturated heterocycles. The van der Waals surface area contributed by atoms with E-state index in [0.717, 1.165) is 16.8 Å². The predicted molar refractivity (Wildman–Crippen MR) is 62.5 cm³/mol. The molecule has 2 heterocycles. The Balaban J connectivity index is 2.11. The fourth-order valence-corrected chi connectivity index (χ4v) is 2.25. The molecule has 0 aliphatic rings. The summed E-state index contributed by atoms with van der Waals surface area (Å²) in [6, 6.07) is 0.968.